The minimum atomic E-state index is -3.80. The fraction of sp³-hybridized carbons (Fsp3) is 0.350. The molecule has 0 atom stereocenters. The van der Waals surface area contributed by atoms with Crippen molar-refractivity contribution in [2.45, 2.75) is 30.7 Å². The van der Waals surface area contributed by atoms with Crippen molar-refractivity contribution >= 4 is 39.1 Å². The summed E-state index contributed by atoms with van der Waals surface area (Å²) in [6, 6.07) is 11.2. The molecular weight excluding hydrogens is 435 g/mol. The molecule has 156 valence electrons. The van der Waals surface area contributed by atoms with Crippen LogP contribution in [0.3, 0.4) is 0 Å². The average molecular weight is 457 g/mol. The van der Waals surface area contributed by atoms with Gasteiger partial charge < -0.3 is 9.64 Å². The van der Waals surface area contributed by atoms with E-state index in [-0.39, 0.29) is 26.9 Å². The van der Waals surface area contributed by atoms with Crippen molar-refractivity contribution in [2.75, 3.05) is 19.7 Å². The summed E-state index contributed by atoms with van der Waals surface area (Å²) in [6.45, 7) is 3.39. The lowest BCUT2D eigenvalue weighted by molar-refractivity contribution is 0.0711. The molecule has 1 amide bonds. The van der Waals surface area contributed by atoms with E-state index >= 15 is 0 Å². The summed E-state index contributed by atoms with van der Waals surface area (Å²) >= 11 is 12.0. The summed E-state index contributed by atoms with van der Waals surface area (Å²) < 4.78 is 33.4. The molecule has 0 bridgehead atoms. The molecule has 0 radical (unpaired) electrons. The lowest BCUT2D eigenvalue weighted by Crippen LogP contribution is -2.46. The van der Waals surface area contributed by atoms with E-state index in [1.165, 1.54) is 12.1 Å². The third kappa shape index (κ3) is 5.22. The van der Waals surface area contributed by atoms with Crippen molar-refractivity contribution in [2.24, 2.45) is 0 Å². The molecule has 1 N–H and O–H groups in total. The van der Waals surface area contributed by atoms with Crippen LogP contribution in [0.15, 0.2) is 47.4 Å². The summed E-state index contributed by atoms with van der Waals surface area (Å²) in [5.41, 5.74) is 0.582. The molecule has 1 fully saturated rings. The van der Waals surface area contributed by atoms with Crippen LogP contribution in [0.4, 0.5) is 0 Å². The molecule has 2 aromatic rings. The quantitative estimate of drug-likeness (QED) is 0.712. The molecule has 1 saturated heterocycles. The molecule has 0 aliphatic carbocycles. The normalized spacial score (nSPS) is 15.3. The van der Waals surface area contributed by atoms with Crippen molar-refractivity contribution in [1.82, 2.24) is 9.62 Å². The second kappa shape index (κ2) is 9.34. The predicted molar refractivity (Wildman–Crippen MR) is 113 cm³/mol. The summed E-state index contributed by atoms with van der Waals surface area (Å²) in [4.78, 5) is 14.4. The maximum Gasteiger partial charge on any atom is 0.253 e. The van der Waals surface area contributed by atoms with Crippen molar-refractivity contribution in [3.63, 3.8) is 0 Å². The number of benzene rings is 2. The van der Waals surface area contributed by atoms with Gasteiger partial charge in [-0.25, -0.2) is 13.1 Å². The topological polar surface area (TPSA) is 75.7 Å². The Bertz CT molecular complexity index is 972. The van der Waals surface area contributed by atoms with E-state index in [0.717, 1.165) is 5.75 Å². The Hall–Kier alpha value is -1.80. The predicted octanol–water partition coefficient (Wildman–Crippen LogP) is 3.98. The molecule has 6 nitrogen and oxygen atoms in total. The zero-order valence-corrected chi connectivity index (χ0v) is 18.2. The first-order chi connectivity index (χ1) is 13.8. The van der Waals surface area contributed by atoms with E-state index in [9.17, 15) is 13.2 Å². The average Bonchev–Trinajstić information content (AvgIpc) is 2.70. The number of carbonyl (C=O) groups is 1. The minimum absolute atomic E-state index is 0.00443. The number of ether oxygens (including phenoxy) is 1. The van der Waals surface area contributed by atoms with Gasteiger partial charge in [0.05, 0.1) is 16.7 Å². The van der Waals surface area contributed by atoms with Crippen LogP contribution in [0.1, 0.15) is 30.1 Å². The van der Waals surface area contributed by atoms with Gasteiger partial charge in [0.2, 0.25) is 10.0 Å². The molecule has 2 aromatic carbocycles. The fourth-order valence-corrected chi connectivity index (χ4v) is 5.28. The van der Waals surface area contributed by atoms with Gasteiger partial charge in [0.1, 0.15) is 10.6 Å². The second-order valence-electron chi connectivity index (χ2n) is 6.70. The molecule has 1 aliphatic rings. The van der Waals surface area contributed by atoms with E-state index in [4.69, 9.17) is 27.9 Å². The van der Waals surface area contributed by atoms with E-state index < -0.39 is 10.0 Å². The maximum atomic E-state index is 12.7. The van der Waals surface area contributed by atoms with Crippen LogP contribution in [0, 0.1) is 0 Å². The molecule has 1 heterocycles. The smallest absolute Gasteiger partial charge is 0.253 e. The molecule has 0 spiro atoms. The second-order valence-corrected chi connectivity index (χ2v) is 9.16. The Morgan fingerprint density at radius 3 is 2.41 bits per heavy atom. The number of hydrogen-bond donors (Lipinski definition) is 1. The maximum absolute atomic E-state index is 12.7. The Balaban J connectivity index is 1.60. The fourth-order valence-electron chi connectivity index (χ4n) is 3.22. The van der Waals surface area contributed by atoms with Crippen LogP contribution in [0.25, 0.3) is 0 Å². The number of nitrogens with zero attached hydrogens (tertiary/aromatic N) is 1. The van der Waals surface area contributed by atoms with E-state index in [1.54, 1.807) is 35.2 Å². The third-order valence-electron chi connectivity index (χ3n) is 4.72. The standard InChI is InChI=1S/C20H22Cl2N2O4S/c1-2-28-16-8-6-14(7-9-16)20(25)24-12-10-15(11-13-24)23-29(26,27)18-5-3-4-17(21)19(18)22/h3-9,15,23H,2,10-13H2,1H3. The van der Waals surface area contributed by atoms with Gasteiger partial charge in [0.25, 0.3) is 5.91 Å². The van der Waals surface area contributed by atoms with Crippen molar-refractivity contribution in [1.29, 1.82) is 0 Å². The lowest BCUT2D eigenvalue weighted by atomic mass is 10.0. The Morgan fingerprint density at radius 1 is 1.14 bits per heavy atom. The molecule has 0 unspecified atom stereocenters. The van der Waals surface area contributed by atoms with Crippen molar-refractivity contribution < 1.29 is 17.9 Å². The van der Waals surface area contributed by atoms with Gasteiger partial charge in [0.15, 0.2) is 0 Å². The first-order valence-electron chi connectivity index (χ1n) is 9.30. The van der Waals surface area contributed by atoms with Crippen LogP contribution >= 0.6 is 23.2 Å². The highest BCUT2D eigenvalue weighted by molar-refractivity contribution is 7.89. The van der Waals surface area contributed by atoms with Gasteiger partial charge in [-0.15, -0.1) is 0 Å². The summed E-state index contributed by atoms with van der Waals surface area (Å²) in [5, 5.41) is 0.190. The van der Waals surface area contributed by atoms with Crippen LogP contribution < -0.4 is 9.46 Å². The number of nitrogens with one attached hydrogen (secondary N) is 1. The zero-order valence-electron chi connectivity index (χ0n) is 15.9. The summed E-state index contributed by atoms with van der Waals surface area (Å²) in [5.74, 6) is 0.643. The number of sulfonamides is 1. The molecule has 3 rings (SSSR count). The molecule has 29 heavy (non-hydrogen) atoms. The van der Waals surface area contributed by atoms with E-state index in [1.807, 2.05) is 6.92 Å². The van der Waals surface area contributed by atoms with Gasteiger partial charge in [-0.05, 0) is 56.2 Å². The Morgan fingerprint density at radius 2 is 1.79 bits per heavy atom. The van der Waals surface area contributed by atoms with Crippen LogP contribution in [0.2, 0.25) is 10.0 Å². The molecule has 9 heteroatoms. The van der Waals surface area contributed by atoms with Crippen molar-refractivity contribution in [3.05, 3.63) is 58.1 Å². The Labute approximate surface area is 180 Å². The highest BCUT2D eigenvalue weighted by Gasteiger charge is 2.28. The lowest BCUT2D eigenvalue weighted by Gasteiger charge is -2.32. The van der Waals surface area contributed by atoms with Gasteiger partial charge in [-0.2, -0.15) is 0 Å². The number of rotatable bonds is 6. The number of likely N-dealkylation sites (tertiary alicyclic amines) is 1. The summed E-state index contributed by atoms with van der Waals surface area (Å²) in [6.07, 6.45) is 1.03. The van der Waals surface area contributed by atoms with Gasteiger partial charge in [0, 0.05) is 24.7 Å². The zero-order chi connectivity index (χ0) is 21.0. The van der Waals surface area contributed by atoms with Crippen LogP contribution in [-0.2, 0) is 10.0 Å². The first kappa shape index (κ1) is 21.9. The highest BCUT2D eigenvalue weighted by atomic mass is 35.5. The van der Waals surface area contributed by atoms with Crippen LogP contribution in [0.5, 0.6) is 5.75 Å². The number of halogens is 2. The first-order valence-corrected chi connectivity index (χ1v) is 11.5. The number of piperidine rings is 1. The number of hydrogen-bond acceptors (Lipinski definition) is 4. The van der Waals surface area contributed by atoms with Gasteiger partial charge in [-0.3, -0.25) is 4.79 Å². The number of amides is 1. The minimum Gasteiger partial charge on any atom is -0.494 e. The molecule has 1 aliphatic heterocycles. The van der Waals surface area contributed by atoms with E-state index in [2.05, 4.69) is 4.72 Å². The van der Waals surface area contributed by atoms with Crippen molar-refractivity contribution in [3.8, 4) is 5.75 Å². The molecular formula is C20H22Cl2N2O4S. The van der Waals surface area contributed by atoms with Gasteiger partial charge in [-0.1, -0.05) is 29.3 Å². The SMILES string of the molecule is CCOc1ccc(C(=O)N2CCC(NS(=O)(=O)c3cccc(Cl)c3Cl)CC2)cc1. The summed E-state index contributed by atoms with van der Waals surface area (Å²) in [7, 11) is -3.80. The largest absolute Gasteiger partial charge is 0.494 e. The highest BCUT2D eigenvalue weighted by Crippen LogP contribution is 2.29. The number of carbonyl (C=O) groups excluding carboxylic acids is 1. The van der Waals surface area contributed by atoms with Gasteiger partial charge >= 0.3 is 0 Å². The molecule has 0 saturated carbocycles. The third-order valence-corrected chi connectivity index (χ3v) is 7.22. The van der Waals surface area contributed by atoms with E-state index in [0.29, 0.717) is 38.1 Å². The molecule has 0 aromatic heterocycles. The monoisotopic (exact) mass is 456 g/mol. The Kier molecular flexibility index (Phi) is 7.05. The van der Waals surface area contributed by atoms with Crippen LogP contribution in [-0.4, -0.2) is 45.0 Å².